The lowest BCUT2D eigenvalue weighted by Gasteiger charge is -2.37. The van der Waals surface area contributed by atoms with Gasteiger partial charge in [0.05, 0.1) is 5.60 Å². The van der Waals surface area contributed by atoms with Crippen LogP contribution in [-0.2, 0) is 0 Å². The highest BCUT2D eigenvalue weighted by Crippen LogP contribution is 2.45. The van der Waals surface area contributed by atoms with Crippen LogP contribution >= 0.6 is 0 Å². The Balaban J connectivity index is 2.76. The van der Waals surface area contributed by atoms with Gasteiger partial charge < -0.3 is 15.5 Å². The molecule has 13 heavy (non-hydrogen) atoms. The van der Waals surface area contributed by atoms with Gasteiger partial charge in [-0.3, -0.25) is 0 Å². The fraction of sp³-hybridized carbons (Fsp3) is 0.889. The van der Waals surface area contributed by atoms with Gasteiger partial charge in [0, 0.05) is 11.5 Å². The van der Waals surface area contributed by atoms with E-state index < -0.39 is 17.1 Å². The first kappa shape index (κ1) is 10.3. The van der Waals surface area contributed by atoms with Crippen LogP contribution in [0.3, 0.4) is 0 Å². The smallest absolute Gasteiger partial charge is 0.404 e. The highest BCUT2D eigenvalue weighted by molar-refractivity contribution is 5.65. The van der Waals surface area contributed by atoms with Crippen molar-refractivity contribution in [1.29, 1.82) is 0 Å². The van der Waals surface area contributed by atoms with Gasteiger partial charge in [0.15, 0.2) is 0 Å². The zero-order chi connectivity index (χ0) is 10.3. The molecule has 0 aromatic heterocycles. The average molecular weight is 187 g/mol. The summed E-state index contributed by atoms with van der Waals surface area (Å²) in [5, 5.41) is 21.0. The van der Waals surface area contributed by atoms with Crippen LogP contribution in [0.25, 0.3) is 0 Å². The zero-order valence-corrected chi connectivity index (χ0v) is 8.29. The number of carboxylic acid groups (broad SMARTS) is 1. The molecule has 1 amide bonds. The lowest BCUT2D eigenvalue weighted by atomic mass is 9.77. The van der Waals surface area contributed by atoms with Gasteiger partial charge in [-0.05, 0) is 19.8 Å². The number of nitrogens with one attached hydrogen (secondary N) is 1. The summed E-state index contributed by atoms with van der Waals surface area (Å²) < 4.78 is 0. The molecule has 0 radical (unpaired) electrons. The number of rotatable bonds is 1. The van der Waals surface area contributed by atoms with Crippen LogP contribution in [0.1, 0.15) is 33.6 Å². The first-order valence-electron chi connectivity index (χ1n) is 4.49. The minimum atomic E-state index is -1.02. The van der Waals surface area contributed by atoms with E-state index in [0.29, 0.717) is 12.8 Å². The summed E-state index contributed by atoms with van der Waals surface area (Å²) >= 11 is 0. The van der Waals surface area contributed by atoms with Crippen LogP contribution in [0, 0.1) is 5.41 Å². The van der Waals surface area contributed by atoms with Crippen LogP contribution in [0.4, 0.5) is 4.79 Å². The van der Waals surface area contributed by atoms with Crippen molar-refractivity contribution < 1.29 is 15.0 Å². The maximum Gasteiger partial charge on any atom is 0.404 e. The molecule has 2 atom stereocenters. The number of carbonyl (C=O) groups is 1. The monoisotopic (exact) mass is 187 g/mol. The maximum atomic E-state index is 10.5. The van der Waals surface area contributed by atoms with Gasteiger partial charge in [-0.1, -0.05) is 13.8 Å². The number of hydrogen-bond donors (Lipinski definition) is 3. The fourth-order valence-corrected chi connectivity index (χ4v) is 1.89. The Bertz CT molecular complexity index is 223. The topological polar surface area (TPSA) is 69.6 Å². The lowest BCUT2D eigenvalue weighted by Crippen LogP contribution is -2.49. The van der Waals surface area contributed by atoms with Gasteiger partial charge in [0.1, 0.15) is 0 Å². The largest absolute Gasteiger partial charge is 0.465 e. The van der Waals surface area contributed by atoms with E-state index in [1.165, 1.54) is 0 Å². The van der Waals surface area contributed by atoms with Gasteiger partial charge in [0.2, 0.25) is 0 Å². The van der Waals surface area contributed by atoms with E-state index >= 15 is 0 Å². The van der Waals surface area contributed by atoms with E-state index in [9.17, 15) is 9.90 Å². The Kier molecular flexibility index (Phi) is 2.28. The molecular formula is C9H17NO3. The molecule has 4 heteroatoms. The molecule has 1 aliphatic rings. The predicted octanol–water partition coefficient (Wildman–Crippen LogP) is 1.19. The Labute approximate surface area is 78.0 Å². The zero-order valence-electron chi connectivity index (χ0n) is 8.29. The molecule has 0 aliphatic heterocycles. The molecule has 0 saturated heterocycles. The van der Waals surface area contributed by atoms with Crippen molar-refractivity contribution in [1.82, 2.24) is 5.32 Å². The van der Waals surface area contributed by atoms with Crippen molar-refractivity contribution in [3.8, 4) is 0 Å². The highest BCUT2D eigenvalue weighted by Gasteiger charge is 2.51. The van der Waals surface area contributed by atoms with Gasteiger partial charge >= 0.3 is 6.09 Å². The van der Waals surface area contributed by atoms with E-state index in [-0.39, 0.29) is 6.04 Å². The summed E-state index contributed by atoms with van der Waals surface area (Å²) in [5.74, 6) is 0. The molecular weight excluding hydrogens is 170 g/mol. The maximum absolute atomic E-state index is 10.5. The molecule has 0 aromatic carbocycles. The fourth-order valence-electron chi connectivity index (χ4n) is 1.89. The molecule has 0 spiro atoms. The highest BCUT2D eigenvalue weighted by atomic mass is 16.4. The normalized spacial score (nSPS) is 37.4. The van der Waals surface area contributed by atoms with E-state index in [0.717, 1.165) is 0 Å². The van der Waals surface area contributed by atoms with Crippen molar-refractivity contribution in [2.45, 2.75) is 45.3 Å². The van der Waals surface area contributed by atoms with E-state index in [2.05, 4.69) is 5.32 Å². The Morgan fingerprint density at radius 1 is 1.46 bits per heavy atom. The predicted molar refractivity (Wildman–Crippen MR) is 48.6 cm³/mol. The van der Waals surface area contributed by atoms with Crippen molar-refractivity contribution in [3.05, 3.63) is 0 Å². The van der Waals surface area contributed by atoms with Crippen LogP contribution in [0.5, 0.6) is 0 Å². The second kappa shape index (κ2) is 2.87. The van der Waals surface area contributed by atoms with Crippen LogP contribution < -0.4 is 5.32 Å². The van der Waals surface area contributed by atoms with Gasteiger partial charge in [-0.2, -0.15) is 0 Å². The van der Waals surface area contributed by atoms with Gasteiger partial charge in [0.25, 0.3) is 0 Å². The van der Waals surface area contributed by atoms with Gasteiger partial charge in [-0.15, -0.1) is 0 Å². The average Bonchev–Trinajstić information content (AvgIpc) is 2.11. The van der Waals surface area contributed by atoms with Crippen LogP contribution in [-0.4, -0.2) is 27.9 Å². The third-order valence-electron chi connectivity index (χ3n) is 3.48. The van der Waals surface area contributed by atoms with E-state index in [4.69, 9.17) is 5.11 Å². The molecule has 76 valence electrons. The molecule has 1 aliphatic carbocycles. The SMILES string of the molecule is CC1(C)C(NC(=O)O)CC[C@]1(C)O. The van der Waals surface area contributed by atoms with Crippen LogP contribution in [0.15, 0.2) is 0 Å². The number of amides is 1. The molecule has 0 heterocycles. The molecule has 1 unspecified atom stereocenters. The molecule has 0 aromatic rings. The number of hydrogen-bond acceptors (Lipinski definition) is 2. The van der Waals surface area contributed by atoms with E-state index in [1.54, 1.807) is 6.92 Å². The third kappa shape index (κ3) is 1.63. The molecule has 1 rings (SSSR count). The summed E-state index contributed by atoms with van der Waals surface area (Å²) in [7, 11) is 0. The van der Waals surface area contributed by atoms with Crippen molar-refractivity contribution in [3.63, 3.8) is 0 Å². The van der Waals surface area contributed by atoms with Crippen LogP contribution in [0.2, 0.25) is 0 Å². The number of aliphatic hydroxyl groups is 1. The summed E-state index contributed by atoms with van der Waals surface area (Å²) in [6, 6.07) is -0.153. The van der Waals surface area contributed by atoms with Crippen molar-refractivity contribution in [2.75, 3.05) is 0 Å². The quantitative estimate of drug-likeness (QED) is 0.577. The Hall–Kier alpha value is -0.770. The third-order valence-corrected chi connectivity index (χ3v) is 3.48. The first-order valence-corrected chi connectivity index (χ1v) is 4.49. The van der Waals surface area contributed by atoms with E-state index in [1.807, 2.05) is 13.8 Å². The molecule has 1 fully saturated rings. The van der Waals surface area contributed by atoms with Gasteiger partial charge in [-0.25, -0.2) is 4.79 Å². The summed E-state index contributed by atoms with van der Waals surface area (Å²) in [5.41, 5.74) is -1.18. The Morgan fingerprint density at radius 3 is 2.31 bits per heavy atom. The van der Waals surface area contributed by atoms with Crippen molar-refractivity contribution >= 4 is 6.09 Å². The standard InChI is InChI=1S/C9H17NO3/c1-8(2)6(10-7(11)12)4-5-9(8,3)13/h6,10,13H,4-5H2,1-3H3,(H,11,12)/t6?,9-/m0/s1. The molecule has 4 nitrogen and oxygen atoms in total. The summed E-state index contributed by atoms with van der Waals surface area (Å²) in [6.07, 6.45) is 0.327. The minimum Gasteiger partial charge on any atom is -0.465 e. The Morgan fingerprint density at radius 2 is 2.00 bits per heavy atom. The first-order chi connectivity index (χ1) is 5.77. The molecule has 3 N–H and O–H groups in total. The molecule has 1 saturated carbocycles. The van der Waals surface area contributed by atoms with Crippen molar-refractivity contribution in [2.24, 2.45) is 5.41 Å². The second-order valence-corrected chi connectivity index (χ2v) is 4.54. The molecule has 0 bridgehead atoms. The lowest BCUT2D eigenvalue weighted by molar-refractivity contribution is -0.0337. The summed E-state index contributed by atoms with van der Waals surface area (Å²) in [6.45, 7) is 5.54. The summed E-state index contributed by atoms with van der Waals surface area (Å²) in [4.78, 5) is 10.5. The second-order valence-electron chi connectivity index (χ2n) is 4.54. The minimum absolute atomic E-state index is 0.153.